The zero-order chi connectivity index (χ0) is 14.0. The van der Waals surface area contributed by atoms with E-state index in [0.717, 1.165) is 10.0 Å². The van der Waals surface area contributed by atoms with Crippen LogP contribution in [0.1, 0.15) is 15.9 Å². The first-order valence-electron chi connectivity index (χ1n) is 5.36. The summed E-state index contributed by atoms with van der Waals surface area (Å²) in [5, 5.41) is 2.57. The minimum absolute atomic E-state index is 0.0614. The van der Waals surface area contributed by atoms with Crippen LogP contribution in [-0.2, 0) is 0 Å². The second-order valence-electron chi connectivity index (χ2n) is 3.87. The maximum absolute atomic E-state index is 13.6. The first-order chi connectivity index (χ1) is 8.99. The minimum atomic E-state index is -0.668. The zero-order valence-corrected chi connectivity index (χ0v) is 12.2. The molecule has 3 nitrogen and oxygen atoms in total. The third kappa shape index (κ3) is 3.11. The Morgan fingerprint density at radius 2 is 2.21 bits per heavy atom. The molecule has 0 aliphatic rings. The predicted octanol–water partition coefficient (Wildman–Crippen LogP) is 4.20. The number of aromatic nitrogens is 1. The molecule has 0 bridgehead atoms. The van der Waals surface area contributed by atoms with Gasteiger partial charge in [-0.05, 0) is 46.6 Å². The molecule has 1 N–H and O–H groups in total. The van der Waals surface area contributed by atoms with Gasteiger partial charge in [0.15, 0.2) is 0 Å². The molecule has 0 aliphatic heterocycles. The van der Waals surface area contributed by atoms with Gasteiger partial charge in [-0.1, -0.05) is 17.7 Å². The number of benzene rings is 1. The Bertz CT molecular complexity index is 628. The Balaban J connectivity index is 2.28. The molecule has 0 radical (unpaired) electrons. The van der Waals surface area contributed by atoms with Crippen LogP contribution in [0.3, 0.4) is 0 Å². The van der Waals surface area contributed by atoms with Crippen molar-refractivity contribution in [1.82, 2.24) is 4.98 Å². The largest absolute Gasteiger partial charge is 0.306 e. The number of anilines is 1. The molecule has 1 heterocycles. The first-order valence-corrected chi connectivity index (χ1v) is 6.53. The van der Waals surface area contributed by atoms with Gasteiger partial charge in [0.05, 0.1) is 10.6 Å². The number of carbonyl (C=O) groups excluding carboxylic acids is 1. The minimum Gasteiger partial charge on any atom is -0.306 e. The molecule has 0 aliphatic carbocycles. The molecule has 0 spiro atoms. The highest BCUT2D eigenvalue weighted by molar-refractivity contribution is 9.10. The van der Waals surface area contributed by atoms with E-state index in [1.807, 2.05) is 6.92 Å². The molecule has 0 fully saturated rings. The van der Waals surface area contributed by atoms with Gasteiger partial charge in [-0.25, -0.2) is 9.37 Å². The molecule has 1 amide bonds. The van der Waals surface area contributed by atoms with Gasteiger partial charge in [0.2, 0.25) is 0 Å². The van der Waals surface area contributed by atoms with Crippen molar-refractivity contribution < 1.29 is 9.18 Å². The van der Waals surface area contributed by atoms with Crippen LogP contribution in [0.4, 0.5) is 10.2 Å². The fraction of sp³-hybridized carbons (Fsp3) is 0.0769. The molecule has 6 heteroatoms. The molecule has 19 heavy (non-hydrogen) atoms. The van der Waals surface area contributed by atoms with Gasteiger partial charge in [0, 0.05) is 10.7 Å². The molecular weight excluding hydrogens is 335 g/mol. The van der Waals surface area contributed by atoms with Gasteiger partial charge < -0.3 is 5.32 Å². The topological polar surface area (TPSA) is 42.0 Å². The molecule has 2 rings (SSSR count). The van der Waals surface area contributed by atoms with Crippen molar-refractivity contribution >= 4 is 39.3 Å². The molecule has 0 saturated carbocycles. The van der Waals surface area contributed by atoms with Gasteiger partial charge >= 0.3 is 0 Å². The number of hydrogen-bond donors (Lipinski definition) is 1. The fourth-order valence-electron chi connectivity index (χ4n) is 1.50. The van der Waals surface area contributed by atoms with Gasteiger partial charge in [-0.15, -0.1) is 0 Å². The third-order valence-electron chi connectivity index (χ3n) is 2.48. The van der Waals surface area contributed by atoms with Crippen LogP contribution in [0, 0.1) is 12.7 Å². The van der Waals surface area contributed by atoms with E-state index in [4.69, 9.17) is 11.6 Å². The normalized spacial score (nSPS) is 10.3. The molecule has 1 aromatic carbocycles. The first kappa shape index (κ1) is 14.0. The highest BCUT2D eigenvalue weighted by atomic mass is 79.9. The predicted molar refractivity (Wildman–Crippen MR) is 76.0 cm³/mol. The molecule has 1 aromatic heterocycles. The van der Waals surface area contributed by atoms with Crippen LogP contribution in [0.15, 0.2) is 34.9 Å². The lowest BCUT2D eigenvalue weighted by atomic mass is 10.2. The fourth-order valence-corrected chi connectivity index (χ4v) is 1.97. The van der Waals surface area contributed by atoms with Gasteiger partial charge in [0.25, 0.3) is 5.91 Å². The van der Waals surface area contributed by atoms with E-state index in [2.05, 4.69) is 26.2 Å². The summed E-state index contributed by atoms with van der Waals surface area (Å²) in [6, 6.07) is 5.76. The van der Waals surface area contributed by atoms with Crippen LogP contribution in [-0.4, -0.2) is 10.9 Å². The second-order valence-corrected chi connectivity index (χ2v) is 5.13. The molecule has 2 aromatic rings. The summed E-state index contributed by atoms with van der Waals surface area (Å²) in [7, 11) is 0. The summed E-state index contributed by atoms with van der Waals surface area (Å²) >= 11 is 9.13. The lowest BCUT2D eigenvalue weighted by molar-refractivity contribution is 0.102. The molecule has 98 valence electrons. The van der Waals surface area contributed by atoms with Crippen molar-refractivity contribution in [3.63, 3.8) is 0 Å². The molecule has 0 saturated heterocycles. The van der Waals surface area contributed by atoms with E-state index in [1.54, 1.807) is 12.3 Å². The number of carbonyl (C=O) groups is 1. The monoisotopic (exact) mass is 342 g/mol. The third-order valence-corrected chi connectivity index (χ3v) is 3.62. The van der Waals surface area contributed by atoms with Crippen molar-refractivity contribution in [3.8, 4) is 0 Å². The van der Waals surface area contributed by atoms with Crippen LogP contribution in [0.5, 0.6) is 0 Å². The maximum Gasteiger partial charge on any atom is 0.261 e. The Labute approximate surface area is 122 Å². The van der Waals surface area contributed by atoms with Crippen molar-refractivity contribution in [1.29, 1.82) is 0 Å². The number of nitrogens with zero attached hydrogens (tertiary/aromatic N) is 1. The number of hydrogen-bond acceptors (Lipinski definition) is 2. The number of pyridine rings is 1. The molecule has 0 unspecified atom stereocenters. The van der Waals surface area contributed by atoms with Gasteiger partial charge in [-0.3, -0.25) is 4.79 Å². The maximum atomic E-state index is 13.6. The average molecular weight is 344 g/mol. The van der Waals surface area contributed by atoms with Gasteiger partial charge in [0.1, 0.15) is 11.6 Å². The average Bonchev–Trinajstić information content (AvgIpc) is 2.33. The highest BCUT2D eigenvalue weighted by Gasteiger charge is 2.16. The lowest BCUT2D eigenvalue weighted by Crippen LogP contribution is -2.15. The zero-order valence-electron chi connectivity index (χ0n) is 9.88. The summed E-state index contributed by atoms with van der Waals surface area (Å²) in [5.41, 5.74) is 0.719. The number of amides is 1. The van der Waals surface area contributed by atoms with E-state index in [-0.39, 0.29) is 10.6 Å². The van der Waals surface area contributed by atoms with Crippen LogP contribution < -0.4 is 5.32 Å². The Kier molecular flexibility index (Phi) is 4.17. The summed E-state index contributed by atoms with van der Waals surface area (Å²) < 4.78 is 14.4. The number of nitrogens with one attached hydrogen (secondary N) is 1. The van der Waals surface area contributed by atoms with E-state index in [0.29, 0.717) is 5.82 Å². The number of halogens is 3. The van der Waals surface area contributed by atoms with Crippen molar-refractivity contribution in [2.75, 3.05) is 5.32 Å². The van der Waals surface area contributed by atoms with E-state index < -0.39 is 11.7 Å². The quantitative estimate of drug-likeness (QED) is 0.888. The summed E-state index contributed by atoms with van der Waals surface area (Å²) in [6.07, 6.45) is 1.56. The molecule has 0 atom stereocenters. The summed E-state index contributed by atoms with van der Waals surface area (Å²) in [5.74, 6) is -0.957. The second kappa shape index (κ2) is 5.67. The van der Waals surface area contributed by atoms with Crippen LogP contribution >= 0.6 is 27.5 Å². The summed E-state index contributed by atoms with van der Waals surface area (Å²) in [4.78, 5) is 16.0. The number of aryl methyl sites for hydroxylation is 1. The van der Waals surface area contributed by atoms with E-state index in [1.165, 1.54) is 18.2 Å². The Morgan fingerprint density at radius 1 is 1.47 bits per heavy atom. The van der Waals surface area contributed by atoms with E-state index >= 15 is 0 Å². The number of rotatable bonds is 2. The van der Waals surface area contributed by atoms with Crippen molar-refractivity contribution in [3.05, 3.63) is 56.9 Å². The Hall–Kier alpha value is -1.46. The SMILES string of the molecule is Cc1cc(NC(=O)c2c(F)cccc2Cl)ncc1Br. The van der Waals surface area contributed by atoms with E-state index in [9.17, 15) is 9.18 Å². The van der Waals surface area contributed by atoms with Crippen LogP contribution in [0.2, 0.25) is 5.02 Å². The smallest absolute Gasteiger partial charge is 0.261 e. The standard InChI is InChI=1S/C13H9BrClFN2O/c1-7-5-11(17-6-8(7)14)18-13(19)12-9(15)3-2-4-10(12)16/h2-6H,1H3,(H,17,18,19). The molecular formula is C13H9BrClFN2O. The van der Waals surface area contributed by atoms with Crippen molar-refractivity contribution in [2.45, 2.75) is 6.92 Å². The van der Waals surface area contributed by atoms with Crippen molar-refractivity contribution in [2.24, 2.45) is 0 Å². The van der Waals surface area contributed by atoms with Gasteiger partial charge in [-0.2, -0.15) is 0 Å². The van der Waals surface area contributed by atoms with Crippen LogP contribution in [0.25, 0.3) is 0 Å². The highest BCUT2D eigenvalue weighted by Crippen LogP contribution is 2.21. The Morgan fingerprint density at radius 3 is 2.84 bits per heavy atom. The lowest BCUT2D eigenvalue weighted by Gasteiger charge is -2.08. The summed E-state index contributed by atoms with van der Waals surface area (Å²) in [6.45, 7) is 1.86.